The quantitative estimate of drug-likeness (QED) is 0.795. The number of hydrogen-bond donors (Lipinski definition) is 1. The van der Waals surface area contributed by atoms with Crippen LogP contribution >= 0.6 is 0 Å². The molecule has 21 heavy (non-hydrogen) atoms. The topological polar surface area (TPSA) is 81.4 Å². The molecule has 1 aromatic heterocycles. The lowest BCUT2D eigenvalue weighted by Gasteiger charge is -2.15. The molecule has 1 heterocycles. The molecule has 6 nitrogen and oxygen atoms in total. The van der Waals surface area contributed by atoms with E-state index >= 15 is 0 Å². The molecule has 1 rings (SSSR count). The summed E-state index contributed by atoms with van der Waals surface area (Å²) in [5.41, 5.74) is 0.394. The van der Waals surface area contributed by atoms with Gasteiger partial charge in [0.05, 0.1) is 19.6 Å². The lowest BCUT2D eigenvalue weighted by molar-refractivity contribution is -0.174. The van der Waals surface area contributed by atoms with Crippen molar-refractivity contribution in [2.24, 2.45) is 0 Å². The van der Waals surface area contributed by atoms with Gasteiger partial charge in [0.25, 0.3) is 0 Å². The molecule has 0 aliphatic rings. The maximum Gasteiger partial charge on any atom is 0.411 e. The Morgan fingerprint density at radius 3 is 2.52 bits per heavy atom. The van der Waals surface area contributed by atoms with Gasteiger partial charge in [-0.15, -0.1) is 0 Å². The standard InChI is InChI=1S/C12H15F3N2O4/c1-7-9(5-10(18)19)8(2)17(11(20)16-7)3-4-21-6-12(13,14)15/h3-6H2,1-2H3,(H,18,19). The maximum absolute atomic E-state index is 11.9. The van der Waals surface area contributed by atoms with E-state index in [0.29, 0.717) is 17.0 Å². The van der Waals surface area contributed by atoms with E-state index in [0.717, 1.165) is 4.57 Å². The molecule has 0 bridgehead atoms. The first-order chi connectivity index (χ1) is 9.61. The van der Waals surface area contributed by atoms with E-state index in [4.69, 9.17) is 5.11 Å². The largest absolute Gasteiger partial charge is 0.481 e. The van der Waals surface area contributed by atoms with Gasteiger partial charge >= 0.3 is 17.8 Å². The smallest absolute Gasteiger partial charge is 0.411 e. The SMILES string of the molecule is Cc1nc(=O)n(CCOCC(F)(F)F)c(C)c1CC(=O)O. The van der Waals surface area contributed by atoms with E-state index in [2.05, 4.69) is 9.72 Å². The van der Waals surface area contributed by atoms with Gasteiger partial charge in [0, 0.05) is 17.0 Å². The van der Waals surface area contributed by atoms with Gasteiger partial charge in [-0.05, 0) is 13.8 Å². The Balaban J connectivity index is 2.87. The number of alkyl halides is 3. The maximum atomic E-state index is 11.9. The molecular weight excluding hydrogens is 293 g/mol. The average Bonchev–Trinajstić information content (AvgIpc) is 2.31. The number of carboxylic acids is 1. The number of halogens is 3. The number of carbonyl (C=O) groups is 1. The van der Waals surface area contributed by atoms with Gasteiger partial charge < -0.3 is 9.84 Å². The lowest BCUT2D eigenvalue weighted by Crippen LogP contribution is -2.30. The van der Waals surface area contributed by atoms with Gasteiger partial charge in [-0.2, -0.15) is 18.2 Å². The van der Waals surface area contributed by atoms with Gasteiger partial charge in [-0.25, -0.2) is 4.79 Å². The molecule has 1 N–H and O–H groups in total. The van der Waals surface area contributed by atoms with Crippen LogP contribution in [-0.2, 0) is 22.5 Å². The average molecular weight is 308 g/mol. The number of rotatable bonds is 6. The third-order valence-corrected chi connectivity index (χ3v) is 2.83. The van der Waals surface area contributed by atoms with E-state index in [1.165, 1.54) is 13.8 Å². The van der Waals surface area contributed by atoms with Crippen molar-refractivity contribution in [1.29, 1.82) is 0 Å². The lowest BCUT2D eigenvalue weighted by atomic mass is 10.1. The fourth-order valence-corrected chi connectivity index (χ4v) is 1.85. The van der Waals surface area contributed by atoms with Crippen LogP contribution in [0.15, 0.2) is 4.79 Å². The number of ether oxygens (including phenoxy) is 1. The van der Waals surface area contributed by atoms with Gasteiger partial charge in [-0.3, -0.25) is 9.36 Å². The Morgan fingerprint density at radius 2 is 2.00 bits per heavy atom. The van der Waals surface area contributed by atoms with Gasteiger partial charge in [0.1, 0.15) is 6.61 Å². The Hall–Kier alpha value is -1.90. The van der Waals surface area contributed by atoms with E-state index in [-0.39, 0.29) is 19.6 Å². The molecule has 0 spiro atoms. The molecular formula is C12H15F3N2O4. The van der Waals surface area contributed by atoms with Crippen molar-refractivity contribution in [3.8, 4) is 0 Å². The van der Waals surface area contributed by atoms with Crippen LogP contribution in [0.25, 0.3) is 0 Å². The first-order valence-corrected chi connectivity index (χ1v) is 6.05. The first-order valence-electron chi connectivity index (χ1n) is 6.05. The minimum Gasteiger partial charge on any atom is -0.481 e. The molecule has 9 heteroatoms. The molecule has 0 amide bonds. The number of aliphatic carboxylic acids is 1. The van der Waals surface area contributed by atoms with E-state index in [1.54, 1.807) is 0 Å². The van der Waals surface area contributed by atoms with Gasteiger partial charge in [-0.1, -0.05) is 0 Å². The summed E-state index contributed by atoms with van der Waals surface area (Å²) in [6.07, 6.45) is -4.74. The Labute approximate surface area is 118 Å². The number of carboxylic acid groups (broad SMARTS) is 1. The highest BCUT2D eigenvalue weighted by molar-refractivity contribution is 5.70. The molecule has 1 aromatic rings. The summed E-state index contributed by atoms with van der Waals surface area (Å²) < 4.78 is 41.3. The molecule has 118 valence electrons. The number of hydrogen-bond acceptors (Lipinski definition) is 4. The van der Waals surface area contributed by atoms with Gasteiger partial charge in [0.15, 0.2) is 0 Å². The van der Waals surface area contributed by atoms with Crippen LogP contribution in [0.2, 0.25) is 0 Å². The Morgan fingerprint density at radius 1 is 1.38 bits per heavy atom. The van der Waals surface area contributed by atoms with Crippen LogP contribution in [-0.4, -0.2) is 40.0 Å². The highest BCUT2D eigenvalue weighted by Gasteiger charge is 2.27. The molecule has 0 aliphatic heterocycles. The van der Waals surface area contributed by atoms with Crippen LogP contribution in [0.4, 0.5) is 13.2 Å². The fourth-order valence-electron chi connectivity index (χ4n) is 1.85. The second kappa shape index (κ2) is 6.70. The molecule has 0 aromatic carbocycles. The van der Waals surface area contributed by atoms with Crippen LogP contribution in [0.5, 0.6) is 0 Å². The monoisotopic (exact) mass is 308 g/mol. The van der Waals surface area contributed by atoms with Crippen LogP contribution in [0.1, 0.15) is 17.0 Å². The van der Waals surface area contributed by atoms with Crippen LogP contribution in [0, 0.1) is 13.8 Å². The summed E-state index contributed by atoms with van der Waals surface area (Å²) in [5, 5.41) is 8.81. The first kappa shape index (κ1) is 17.2. The van der Waals surface area contributed by atoms with Crippen molar-refractivity contribution in [3.05, 3.63) is 27.4 Å². The van der Waals surface area contributed by atoms with Crippen molar-refractivity contribution < 1.29 is 27.8 Å². The molecule has 0 saturated carbocycles. The molecule has 0 atom stereocenters. The van der Waals surface area contributed by atoms with Crippen molar-refractivity contribution >= 4 is 5.97 Å². The highest BCUT2D eigenvalue weighted by atomic mass is 19.4. The van der Waals surface area contributed by atoms with E-state index in [1.807, 2.05) is 0 Å². The zero-order valence-electron chi connectivity index (χ0n) is 11.5. The number of nitrogens with zero attached hydrogens (tertiary/aromatic N) is 2. The van der Waals surface area contributed by atoms with Crippen LogP contribution in [0.3, 0.4) is 0 Å². The molecule has 0 fully saturated rings. The third kappa shape index (κ3) is 5.18. The zero-order chi connectivity index (χ0) is 16.2. The minimum absolute atomic E-state index is 0.124. The summed E-state index contributed by atoms with van der Waals surface area (Å²) in [7, 11) is 0. The van der Waals surface area contributed by atoms with E-state index in [9.17, 15) is 22.8 Å². The van der Waals surface area contributed by atoms with Crippen molar-refractivity contribution in [2.45, 2.75) is 33.0 Å². The Kier molecular flexibility index (Phi) is 5.47. The fraction of sp³-hybridized carbons (Fsp3) is 0.583. The van der Waals surface area contributed by atoms with Crippen molar-refractivity contribution in [2.75, 3.05) is 13.2 Å². The predicted octanol–water partition coefficient (Wildman–Crippen LogP) is 1.07. The number of aryl methyl sites for hydroxylation is 1. The normalized spacial score (nSPS) is 11.7. The zero-order valence-corrected chi connectivity index (χ0v) is 11.5. The highest BCUT2D eigenvalue weighted by Crippen LogP contribution is 2.14. The minimum atomic E-state index is -4.43. The van der Waals surface area contributed by atoms with Crippen LogP contribution < -0.4 is 5.69 Å². The Bertz CT molecular complexity index is 581. The summed E-state index contributed by atoms with van der Waals surface area (Å²) in [4.78, 5) is 26.2. The van der Waals surface area contributed by atoms with E-state index < -0.39 is 24.4 Å². The molecule has 0 aliphatic carbocycles. The predicted molar refractivity (Wildman–Crippen MR) is 66.2 cm³/mol. The molecule has 0 radical (unpaired) electrons. The van der Waals surface area contributed by atoms with Crippen molar-refractivity contribution in [1.82, 2.24) is 9.55 Å². The second-order valence-electron chi connectivity index (χ2n) is 4.43. The number of aromatic nitrogens is 2. The summed E-state index contributed by atoms with van der Waals surface area (Å²) >= 11 is 0. The van der Waals surface area contributed by atoms with Crippen molar-refractivity contribution in [3.63, 3.8) is 0 Å². The molecule has 0 unspecified atom stereocenters. The van der Waals surface area contributed by atoms with Gasteiger partial charge in [0.2, 0.25) is 0 Å². The molecule has 0 saturated heterocycles. The summed E-state index contributed by atoms with van der Waals surface area (Å²) in [5.74, 6) is -1.08. The summed E-state index contributed by atoms with van der Waals surface area (Å²) in [6.45, 7) is 1.19. The summed E-state index contributed by atoms with van der Waals surface area (Å²) in [6, 6.07) is 0. The second-order valence-corrected chi connectivity index (χ2v) is 4.43. The third-order valence-electron chi connectivity index (χ3n) is 2.83.